The van der Waals surface area contributed by atoms with Crippen LogP contribution in [0.5, 0.6) is 5.75 Å². The molecule has 150 valence electrons. The van der Waals surface area contributed by atoms with E-state index in [-0.39, 0.29) is 18.4 Å². The summed E-state index contributed by atoms with van der Waals surface area (Å²) in [6.45, 7) is 4.68. The molecular weight excluding hydrogens is 376 g/mol. The third-order valence-electron chi connectivity index (χ3n) is 5.07. The van der Waals surface area contributed by atoms with Crippen molar-refractivity contribution in [2.24, 2.45) is 0 Å². The normalized spacial score (nSPS) is 12.6. The van der Waals surface area contributed by atoms with Gasteiger partial charge in [0.1, 0.15) is 18.9 Å². The fourth-order valence-corrected chi connectivity index (χ4v) is 3.44. The molecule has 1 aliphatic heterocycles. The lowest BCUT2D eigenvalue weighted by Gasteiger charge is -2.17. The molecule has 0 saturated carbocycles. The molecule has 0 atom stereocenters. The van der Waals surface area contributed by atoms with Crippen LogP contribution in [-0.4, -0.2) is 23.3 Å². The van der Waals surface area contributed by atoms with E-state index >= 15 is 0 Å². The summed E-state index contributed by atoms with van der Waals surface area (Å²) in [5, 5.41) is 2.90. The average molecular weight is 398 g/mol. The van der Waals surface area contributed by atoms with Crippen LogP contribution >= 0.6 is 0 Å². The fraction of sp³-hybridized carbons (Fsp3) is 0.120. The Labute approximate surface area is 175 Å². The lowest BCUT2D eigenvalue weighted by atomic mass is 10.1. The van der Waals surface area contributed by atoms with Gasteiger partial charge >= 0.3 is 0 Å². The molecule has 0 radical (unpaired) electrons. The predicted octanol–water partition coefficient (Wildman–Crippen LogP) is 4.01. The first-order valence-electron chi connectivity index (χ1n) is 9.75. The van der Waals surface area contributed by atoms with Crippen LogP contribution in [0.25, 0.3) is 5.70 Å². The SMILES string of the molecule is C=C1c2ccccc2C(=O)N1CC(=O)NCc1ccccc1COc1ccccc1. The van der Waals surface area contributed by atoms with Gasteiger partial charge in [0.2, 0.25) is 5.91 Å². The molecule has 30 heavy (non-hydrogen) atoms. The van der Waals surface area contributed by atoms with Gasteiger partial charge in [0.05, 0.1) is 0 Å². The van der Waals surface area contributed by atoms with Crippen LogP contribution in [0.15, 0.2) is 85.4 Å². The van der Waals surface area contributed by atoms with Crippen LogP contribution in [0, 0.1) is 0 Å². The zero-order valence-electron chi connectivity index (χ0n) is 16.5. The summed E-state index contributed by atoms with van der Waals surface area (Å²) in [5.41, 5.74) is 3.88. The van der Waals surface area contributed by atoms with E-state index in [9.17, 15) is 9.59 Å². The van der Waals surface area contributed by atoms with E-state index in [1.807, 2.05) is 72.8 Å². The molecular formula is C25H22N2O3. The molecule has 5 nitrogen and oxygen atoms in total. The molecule has 0 spiro atoms. The molecule has 1 heterocycles. The quantitative estimate of drug-likeness (QED) is 0.654. The number of hydrogen-bond acceptors (Lipinski definition) is 3. The number of nitrogens with zero attached hydrogens (tertiary/aromatic N) is 1. The minimum atomic E-state index is -0.240. The Hall–Kier alpha value is -3.86. The summed E-state index contributed by atoms with van der Waals surface area (Å²) in [7, 11) is 0. The molecule has 0 bridgehead atoms. The Bertz CT molecular complexity index is 1060. The lowest BCUT2D eigenvalue weighted by Crippen LogP contribution is -2.36. The number of benzene rings is 3. The first kappa shape index (κ1) is 19.5. The van der Waals surface area contributed by atoms with Gasteiger partial charge in [-0.2, -0.15) is 0 Å². The summed E-state index contributed by atoms with van der Waals surface area (Å²) in [6.07, 6.45) is 0. The monoisotopic (exact) mass is 398 g/mol. The highest BCUT2D eigenvalue weighted by molar-refractivity contribution is 6.10. The van der Waals surface area contributed by atoms with Crippen molar-refractivity contribution < 1.29 is 14.3 Å². The average Bonchev–Trinajstić information content (AvgIpc) is 3.02. The van der Waals surface area contributed by atoms with E-state index in [1.165, 1.54) is 4.90 Å². The number of carbonyl (C=O) groups excluding carboxylic acids is 2. The molecule has 0 aromatic heterocycles. The second kappa shape index (κ2) is 8.66. The topological polar surface area (TPSA) is 58.6 Å². The molecule has 4 rings (SSSR count). The van der Waals surface area contributed by atoms with Gasteiger partial charge in [-0.15, -0.1) is 0 Å². The fourth-order valence-electron chi connectivity index (χ4n) is 3.44. The Balaban J connectivity index is 1.36. The minimum Gasteiger partial charge on any atom is -0.489 e. The van der Waals surface area contributed by atoms with Gasteiger partial charge < -0.3 is 10.1 Å². The van der Waals surface area contributed by atoms with Gasteiger partial charge in [-0.1, -0.05) is 67.2 Å². The molecule has 1 N–H and O–H groups in total. The Morgan fingerprint density at radius 1 is 0.867 bits per heavy atom. The summed E-state index contributed by atoms with van der Waals surface area (Å²) in [6, 6.07) is 24.7. The van der Waals surface area contributed by atoms with E-state index < -0.39 is 0 Å². The molecule has 0 unspecified atom stereocenters. The van der Waals surface area contributed by atoms with Crippen molar-refractivity contribution in [3.8, 4) is 5.75 Å². The third kappa shape index (κ3) is 4.10. The van der Waals surface area contributed by atoms with Crippen LogP contribution < -0.4 is 10.1 Å². The van der Waals surface area contributed by atoms with Crippen molar-refractivity contribution in [3.05, 3.63) is 108 Å². The molecule has 0 aliphatic carbocycles. The highest BCUT2D eigenvalue weighted by Gasteiger charge is 2.31. The maximum atomic E-state index is 12.6. The standard InChI is InChI=1S/C25H22N2O3/c1-18-22-13-7-8-14-23(22)25(29)27(18)16-24(28)26-15-19-9-5-6-10-20(19)17-30-21-11-3-2-4-12-21/h2-14H,1,15-17H2,(H,26,28). The number of ether oxygens (including phenoxy) is 1. The van der Waals surface area contributed by atoms with Gasteiger partial charge in [-0.25, -0.2) is 0 Å². The van der Waals surface area contributed by atoms with Crippen LogP contribution in [-0.2, 0) is 17.9 Å². The zero-order chi connectivity index (χ0) is 20.9. The first-order chi connectivity index (χ1) is 14.6. The number of carbonyl (C=O) groups is 2. The molecule has 0 saturated heterocycles. The number of rotatable bonds is 7. The molecule has 5 heteroatoms. The zero-order valence-corrected chi connectivity index (χ0v) is 16.5. The summed E-state index contributed by atoms with van der Waals surface area (Å²) < 4.78 is 5.83. The van der Waals surface area contributed by atoms with E-state index in [0.29, 0.717) is 24.4 Å². The van der Waals surface area contributed by atoms with Crippen molar-refractivity contribution in [3.63, 3.8) is 0 Å². The second-order valence-corrected chi connectivity index (χ2v) is 7.03. The summed E-state index contributed by atoms with van der Waals surface area (Å²) >= 11 is 0. The van der Waals surface area contributed by atoms with Crippen molar-refractivity contribution in [2.75, 3.05) is 6.54 Å². The van der Waals surface area contributed by atoms with Crippen molar-refractivity contribution in [1.29, 1.82) is 0 Å². The smallest absolute Gasteiger partial charge is 0.259 e. The molecule has 0 fully saturated rings. The van der Waals surface area contributed by atoms with Crippen molar-refractivity contribution in [2.45, 2.75) is 13.2 Å². The van der Waals surface area contributed by atoms with Crippen LogP contribution in [0.2, 0.25) is 0 Å². The van der Waals surface area contributed by atoms with Gasteiger partial charge in [0.25, 0.3) is 5.91 Å². The largest absolute Gasteiger partial charge is 0.489 e. The van der Waals surface area contributed by atoms with Gasteiger partial charge in [0, 0.05) is 23.4 Å². The van der Waals surface area contributed by atoms with Crippen LogP contribution in [0.3, 0.4) is 0 Å². The van der Waals surface area contributed by atoms with E-state index in [4.69, 9.17) is 4.74 Å². The molecule has 1 aliphatic rings. The molecule has 3 aromatic rings. The van der Waals surface area contributed by atoms with Gasteiger partial charge in [-0.3, -0.25) is 14.5 Å². The molecule has 3 aromatic carbocycles. The number of nitrogens with one attached hydrogen (secondary N) is 1. The number of para-hydroxylation sites is 1. The van der Waals surface area contributed by atoms with E-state index in [0.717, 1.165) is 22.4 Å². The number of hydrogen-bond donors (Lipinski definition) is 1. The summed E-state index contributed by atoms with van der Waals surface area (Å²) in [5.74, 6) is 0.362. The van der Waals surface area contributed by atoms with Crippen LogP contribution in [0.1, 0.15) is 27.0 Å². The first-order valence-corrected chi connectivity index (χ1v) is 9.75. The van der Waals surface area contributed by atoms with Gasteiger partial charge in [0.15, 0.2) is 0 Å². The maximum absolute atomic E-state index is 12.6. The van der Waals surface area contributed by atoms with Gasteiger partial charge in [-0.05, 0) is 29.3 Å². The predicted molar refractivity (Wildman–Crippen MR) is 116 cm³/mol. The second-order valence-electron chi connectivity index (χ2n) is 7.03. The van der Waals surface area contributed by atoms with Crippen molar-refractivity contribution in [1.82, 2.24) is 10.2 Å². The van der Waals surface area contributed by atoms with Crippen LogP contribution in [0.4, 0.5) is 0 Å². The minimum absolute atomic E-state index is 0.0605. The number of amides is 2. The number of fused-ring (bicyclic) bond motifs is 1. The Morgan fingerprint density at radius 3 is 2.23 bits per heavy atom. The molecule has 2 amide bonds. The lowest BCUT2D eigenvalue weighted by molar-refractivity contribution is -0.121. The van der Waals surface area contributed by atoms with E-state index in [2.05, 4.69) is 11.9 Å². The summed E-state index contributed by atoms with van der Waals surface area (Å²) in [4.78, 5) is 26.5. The Kier molecular flexibility index (Phi) is 5.61. The maximum Gasteiger partial charge on any atom is 0.259 e. The highest BCUT2D eigenvalue weighted by atomic mass is 16.5. The third-order valence-corrected chi connectivity index (χ3v) is 5.07. The van der Waals surface area contributed by atoms with Crippen molar-refractivity contribution >= 4 is 17.5 Å². The highest BCUT2D eigenvalue weighted by Crippen LogP contribution is 2.30. The van der Waals surface area contributed by atoms with E-state index in [1.54, 1.807) is 6.07 Å². The Morgan fingerprint density at radius 2 is 1.50 bits per heavy atom.